The van der Waals surface area contributed by atoms with Crippen LogP contribution in [0.1, 0.15) is 36.5 Å². The minimum absolute atomic E-state index is 0.0105. The molecule has 0 fully saturated rings. The maximum atomic E-state index is 12.1. The SMILES string of the molecule is COc1ccc(CCNC(=O)COc2cc(C)c(Cl)cc2C(C)C)cc1. The fraction of sp³-hybridized carbons (Fsp3) is 0.381. The number of hydrogen-bond acceptors (Lipinski definition) is 3. The molecule has 0 aliphatic rings. The van der Waals surface area contributed by atoms with Gasteiger partial charge in [0.05, 0.1) is 7.11 Å². The zero-order chi connectivity index (χ0) is 19.1. The van der Waals surface area contributed by atoms with Gasteiger partial charge in [0.25, 0.3) is 5.91 Å². The van der Waals surface area contributed by atoms with E-state index in [1.807, 2.05) is 43.3 Å². The van der Waals surface area contributed by atoms with Crippen LogP contribution in [0.25, 0.3) is 0 Å². The molecule has 1 amide bonds. The minimum Gasteiger partial charge on any atom is -0.497 e. The highest BCUT2D eigenvalue weighted by Crippen LogP contribution is 2.31. The highest BCUT2D eigenvalue weighted by Gasteiger charge is 2.12. The van der Waals surface area contributed by atoms with Crippen molar-refractivity contribution in [2.24, 2.45) is 0 Å². The molecular formula is C21H26ClNO3. The van der Waals surface area contributed by atoms with E-state index in [0.29, 0.717) is 17.3 Å². The Morgan fingerprint density at radius 1 is 1.19 bits per heavy atom. The van der Waals surface area contributed by atoms with Crippen molar-refractivity contribution < 1.29 is 14.3 Å². The van der Waals surface area contributed by atoms with E-state index in [2.05, 4.69) is 19.2 Å². The second-order valence-electron chi connectivity index (χ2n) is 6.53. The fourth-order valence-corrected chi connectivity index (χ4v) is 2.75. The van der Waals surface area contributed by atoms with Crippen molar-refractivity contribution in [1.82, 2.24) is 5.32 Å². The molecule has 0 bridgehead atoms. The normalized spacial score (nSPS) is 10.7. The maximum absolute atomic E-state index is 12.1. The molecule has 0 saturated carbocycles. The molecule has 0 aliphatic heterocycles. The summed E-state index contributed by atoms with van der Waals surface area (Å²) in [6.45, 7) is 6.62. The second kappa shape index (κ2) is 9.48. The predicted molar refractivity (Wildman–Crippen MR) is 105 cm³/mol. The van der Waals surface area contributed by atoms with E-state index in [1.54, 1.807) is 7.11 Å². The molecule has 0 radical (unpaired) electrons. The molecule has 4 nitrogen and oxygen atoms in total. The number of nitrogens with one attached hydrogen (secondary N) is 1. The van der Waals surface area contributed by atoms with Gasteiger partial charge in [-0.05, 0) is 60.2 Å². The number of amides is 1. The van der Waals surface area contributed by atoms with Crippen LogP contribution in [0.4, 0.5) is 0 Å². The lowest BCUT2D eigenvalue weighted by atomic mass is 10.0. The lowest BCUT2D eigenvalue weighted by Crippen LogP contribution is -2.30. The summed E-state index contributed by atoms with van der Waals surface area (Å²) in [5.74, 6) is 1.67. The Morgan fingerprint density at radius 3 is 2.50 bits per heavy atom. The molecular weight excluding hydrogens is 350 g/mol. The van der Waals surface area contributed by atoms with Crippen LogP contribution in [0.3, 0.4) is 0 Å². The van der Waals surface area contributed by atoms with Crippen LogP contribution in [0.2, 0.25) is 5.02 Å². The Morgan fingerprint density at radius 2 is 1.88 bits per heavy atom. The molecule has 140 valence electrons. The highest BCUT2D eigenvalue weighted by atomic mass is 35.5. The highest BCUT2D eigenvalue weighted by molar-refractivity contribution is 6.31. The van der Waals surface area contributed by atoms with Gasteiger partial charge in [-0.2, -0.15) is 0 Å². The van der Waals surface area contributed by atoms with Crippen LogP contribution in [-0.4, -0.2) is 26.2 Å². The third kappa shape index (κ3) is 5.67. The maximum Gasteiger partial charge on any atom is 0.257 e. The summed E-state index contributed by atoms with van der Waals surface area (Å²) in [5, 5.41) is 3.60. The number of benzene rings is 2. The average Bonchev–Trinajstić information content (AvgIpc) is 2.62. The molecule has 5 heteroatoms. The quantitative estimate of drug-likeness (QED) is 0.738. The zero-order valence-corrected chi connectivity index (χ0v) is 16.5. The van der Waals surface area contributed by atoms with Crippen molar-refractivity contribution in [3.63, 3.8) is 0 Å². The second-order valence-corrected chi connectivity index (χ2v) is 6.94. The first-order valence-corrected chi connectivity index (χ1v) is 9.11. The number of hydrogen-bond donors (Lipinski definition) is 1. The monoisotopic (exact) mass is 375 g/mol. The summed E-state index contributed by atoms with van der Waals surface area (Å²) >= 11 is 6.20. The van der Waals surface area contributed by atoms with Crippen LogP contribution in [0.15, 0.2) is 36.4 Å². The Balaban J connectivity index is 1.84. The van der Waals surface area contributed by atoms with Gasteiger partial charge < -0.3 is 14.8 Å². The summed E-state index contributed by atoms with van der Waals surface area (Å²) in [5.41, 5.74) is 3.08. The van der Waals surface area contributed by atoms with Crippen molar-refractivity contribution in [1.29, 1.82) is 0 Å². The lowest BCUT2D eigenvalue weighted by Gasteiger charge is -2.16. The number of rotatable bonds is 8. The third-order valence-electron chi connectivity index (χ3n) is 4.17. The molecule has 0 atom stereocenters. The standard InChI is InChI=1S/C21H26ClNO3/c1-14(2)18-12-19(22)15(3)11-20(18)26-13-21(24)23-10-9-16-5-7-17(25-4)8-6-16/h5-8,11-12,14H,9-10,13H2,1-4H3,(H,23,24). The first kappa shape index (κ1) is 20.1. The number of carbonyl (C=O) groups is 1. The average molecular weight is 376 g/mol. The largest absolute Gasteiger partial charge is 0.497 e. The number of aryl methyl sites for hydroxylation is 1. The van der Waals surface area contributed by atoms with E-state index in [-0.39, 0.29) is 18.4 Å². The van der Waals surface area contributed by atoms with E-state index in [9.17, 15) is 4.79 Å². The van der Waals surface area contributed by atoms with Crippen LogP contribution in [0, 0.1) is 6.92 Å². The Kier molecular flexibility index (Phi) is 7.34. The molecule has 0 aliphatic carbocycles. The molecule has 2 rings (SSSR count). The smallest absolute Gasteiger partial charge is 0.257 e. The van der Waals surface area contributed by atoms with Crippen molar-refractivity contribution in [3.05, 3.63) is 58.1 Å². The Labute approximate surface area is 160 Å². The van der Waals surface area contributed by atoms with Gasteiger partial charge in [0.2, 0.25) is 0 Å². The summed E-state index contributed by atoms with van der Waals surface area (Å²) in [6, 6.07) is 11.6. The van der Waals surface area contributed by atoms with Gasteiger partial charge in [-0.1, -0.05) is 37.6 Å². The summed E-state index contributed by atoms with van der Waals surface area (Å²) in [6.07, 6.45) is 0.757. The van der Waals surface area contributed by atoms with Crippen LogP contribution >= 0.6 is 11.6 Å². The molecule has 26 heavy (non-hydrogen) atoms. The van der Waals surface area contributed by atoms with Crippen molar-refractivity contribution >= 4 is 17.5 Å². The van der Waals surface area contributed by atoms with Crippen LogP contribution in [-0.2, 0) is 11.2 Å². The van der Waals surface area contributed by atoms with Crippen molar-refractivity contribution in [2.75, 3.05) is 20.3 Å². The lowest BCUT2D eigenvalue weighted by molar-refractivity contribution is -0.123. The number of halogens is 1. The van der Waals surface area contributed by atoms with E-state index in [0.717, 1.165) is 28.9 Å². The van der Waals surface area contributed by atoms with Gasteiger partial charge in [0, 0.05) is 11.6 Å². The molecule has 0 saturated heterocycles. The third-order valence-corrected chi connectivity index (χ3v) is 4.57. The van der Waals surface area contributed by atoms with Gasteiger partial charge in [-0.25, -0.2) is 0 Å². The molecule has 2 aromatic rings. The summed E-state index contributed by atoms with van der Waals surface area (Å²) in [7, 11) is 1.64. The van der Waals surface area contributed by atoms with E-state index < -0.39 is 0 Å². The van der Waals surface area contributed by atoms with Crippen molar-refractivity contribution in [3.8, 4) is 11.5 Å². The first-order chi connectivity index (χ1) is 12.4. The Bertz CT molecular complexity index is 742. The zero-order valence-electron chi connectivity index (χ0n) is 15.8. The van der Waals surface area contributed by atoms with Gasteiger partial charge in [0.1, 0.15) is 11.5 Å². The number of methoxy groups -OCH3 is 1. The molecule has 0 unspecified atom stereocenters. The van der Waals surface area contributed by atoms with Gasteiger partial charge in [0.15, 0.2) is 6.61 Å². The van der Waals surface area contributed by atoms with Gasteiger partial charge in [-0.3, -0.25) is 4.79 Å². The molecule has 0 heterocycles. The Hall–Kier alpha value is -2.20. The molecule has 0 spiro atoms. The number of carbonyl (C=O) groups excluding carboxylic acids is 1. The summed E-state index contributed by atoms with van der Waals surface area (Å²) < 4.78 is 10.9. The topological polar surface area (TPSA) is 47.6 Å². The van der Waals surface area contributed by atoms with Crippen LogP contribution < -0.4 is 14.8 Å². The summed E-state index contributed by atoms with van der Waals surface area (Å²) in [4.78, 5) is 12.1. The molecule has 2 aromatic carbocycles. The van der Waals surface area contributed by atoms with Gasteiger partial charge >= 0.3 is 0 Å². The number of ether oxygens (including phenoxy) is 2. The van der Waals surface area contributed by atoms with E-state index >= 15 is 0 Å². The molecule has 1 N–H and O–H groups in total. The fourth-order valence-electron chi connectivity index (χ4n) is 2.58. The van der Waals surface area contributed by atoms with E-state index in [1.165, 1.54) is 0 Å². The van der Waals surface area contributed by atoms with Gasteiger partial charge in [-0.15, -0.1) is 0 Å². The predicted octanol–water partition coefficient (Wildman–Crippen LogP) is 4.52. The first-order valence-electron chi connectivity index (χ1n) is 8.73. The van der Waals surface area contributed by atoms with Crippen LogP contribution in [0.5, 0.6) is 11.5 Å². The van der Waals surface area contributed by atoms with E-state index in [4.69, 9.17) is 21.1 Å². The van der Waals surface area contributed by atoms with Crippen molar-refractivity contribution in [2.45, 2.75) is 33.1 Å². The molecule has 0 aromatic heterocycles. The minimum atomic E-state index is -0.138.